The maximum absolute atomic E-state index is 12.3. The number of likely N-dealkylation sites (N-methyl/N-ethyl adjacent to an activating group) is 1. The molecule has 1 saturated carbocycles. The van der Waals surface area contributed by atoms with Gasteiger partial charge in [-0.25, -0.2) is 0 Å². The van der Waals surface area contributed by atoms with Gasteiger partial charge in [-0.2, -0.15) is 0 Å². The van der Waals surface area contributed by atoms with Gasteiger partial charge in [0.15, 0.2) is 0 Å². The Morgan fingerprint density at radius 1 is 1.65 bits per heavy atom. The first-order valence-corrected chi connectivity index (χ1v) is 6.88. The molecule has 1 fully saturated rings. The average Bonchev–Trinajstić information content (AvgIpc) is 3.05. The minimum absolute atomic E-state index is 0.0628. The summed E-state index contributed by atoms with van der Waals surface area (Å²) in [6, 6.07) is 2.08. The third-order valence-corrected chi connectivity index (χ3v) is 4.59. The number of thiophene rings is 1. The fraction of sp³-hybridized carbons (Fsp3) is 0.615. The van der Waals surface area contributed by atoms with Gasteiger partial charge in [0.1, 0.15) is 0 Å². The normalized spacial score (nSPS) is 18.8. The summed E-state index contributed by atoms with van der Waals surface area (Å²) >= 11 is 1.70. The first-order valence-electron chi connectivity index (χ1n) is 6.00. The third kappa shape index (κ3) is 2.53. The Morgan fingerprint density at radius 2 is 2.29 bits per heavy atom. The smallest absolute Gasteiger partial charge is 0.242 e. The molecule has 1 aliphatic carbocycles. The summed E-state index contributed by atoms with van der Waals surface area (Å²) in [4.78, 5) is 15.3. The molecule has 0 radical (unpaired) electrons. The molecule has 2 rings (SSSR count). The molecule has 1 unspecified atom stereocenters. The summed E-state index contributed by atoms with van der Waals surface area (Å²) in [6.45, 7) is 4.61. The van der Waals surface area contributed by atoms with Gasteiger partial charge < -0.3 is 10.6 Å². The van der Waals surface area contributed by atoms with E-state index in [1.54, 1.807) is 16.2 Å². The second kappa shape index (κ2) is 4.42. The predicted molar refractivity (Wildman–Crippen MR) is 70.8 cm³/mol. The van der Waals surface area contributed by atoms with Crippen molar-refractivity contribution < 1.29 is 4.79 Å². The van der Waals surface area contributed by atoms with E-state index in [2.05, 4.69) is 18.4 Å². The van der Waals surface area contributed by atoms with Gasteiger partial charge in [0, 0.05) is 11.9 Å². The van der Waals surface area contributed by atoms with Crippen LogP contribution in [0.1, 0.15) is 30.2 Å². The summed E-state index contributed by atoms with van der Waals surface area (Å²) in [5, 5.41) is 2.06. The van der Waals surface area contributed by atoms with Crippen molar-refractivity contribution in [3.63, 3.8) is 0 Å². The van der Waals surface area contributed by atoms with Crippen molar-refractivity contribution in [3.05, 3.63) is 21.9 Å². The Morgan fingerprint density at radius 3 is 2.76 bits per heavy atom. The molecule has 1 aliphatic rings. The number of rotatable bonds is 4. The van der Waals surface area contributed by atoms with Crippen LogP contribution < -0.4 is 5.73 Å². The molecule has 0 saturated heterocycles. The molecule has 0 spiro atoms. The van der Waals surface area contributed by atoms with Gasteiger partial charge in [0.2, 0.25) is 5.91 Å². The van der Waals surface area contributed by atoms with Crippen molar-refractivity contribution in [2.24, 2.45) is 11.7 Å². The van der Waals surface area contributed by atoms with Crippen molar-refractivity contribution in [2.45, 2.75) is 38.8 Å². The second-order valence-corrected chi connectivity index (χ2v) is 6.25. The Balaban J connectivity index is 2.02. The number of aryl methyl sites for hydroxylation is 1. The Labute approximate surface area is 107 Å². The van der Waals surface area contributed by atoms with Crippen molar-refractivity contribution in [1.82, 2.24) is 4.90 Å². The van der Waals surface area contributed by atoms with Crippen LogP contribution in [0.25, 0.3) is 0 Å². The third-order valence-electron chi connectivity index (χ3n) is 3.58. The van der Waals surface area contributed by atoms with E-state index in [1.165, 1.54) is 10.4 Å². The molecule has 3 nitrogen and oxygen atoms in total. The highest BCUT2D eigenvalue weighted by Crippen LogP contribution is 2.39. The number of amides is 1. The molecular formula is C13H20N2OS. The van der Waals surface area contributed by atoms with Gasteiger partial charge in [-0.15, -0.1) is 11.3 Å². The van der Waals surface area contributed by atoms with Gasteiger partial charge in [0.05, 0.1) is 12.1 Å². The lowest BCUT2D eigenvalue weighted by Crippen LogP contribution is -2.53. The molecule has 1 heterocycles. The van der Waals surface area contributed by atoms with Crippen LogP contribution in [0.5, 0.6) is 0 Å². The fourth-order valence-electron chi connectivity index (χ4n) is 2.12. The lowest BCUT2D eigenvalue weighted by molar-refractivity contribution is -0.136. The topological polar surface area (TPSA) is 46.3 Å². The number of nitrogens with two attached hydrogens (primary N) is 1. The van der Waals surface area contributed by atoms with Crippen LogP contribution in [0.2, 0.25) is 0 Å². The average molecular weight is 252 g/mol. The van der Waals surface area contributed by atoms with Crippen molar-refractivity contribution >= 4 is 17.2 Å². The minimum atomic E-state index is -0.681. The highest BCUT2D eigenvalue weighted by molar-refractivity contribution is 7.10. The molecule has 1 aromatic heterocycles. The van der Waals surface area contributed by atoms with Crippen molar-refractivity contribution in [1.29, 1.82) is 0 Å². The summed E-state index contributed by atoms with van der Waals surface area (Å²) in [6.07, 6.45) is 2.18. The molecule has 17 heavy (non-hydrogen) atoms. The lowest BCUT2D eigenvalue weighted by Gasteiger charge is -2.29. The zero-order valence-corrected chi connectivity index (χ0v) is 11.5. The fourth-order valence-corrected chi connectivity index (χ4v) is 3.08. The van der Waals surface area contributed by atoms with Crippen LogP contribution in [0.4, 0.5) is 0 Å². The van der Waals surface area contributed by atoms with Crippen LogP contribution in [-0.2, 0) is 11.3 Å². The molecule has 94 valence electrons. The Hall–Kier alpha value is -0.870. The highest BCUT2D eigenvalue weighted by Gasteiger charge is 2.45. The van der Waals surface area contributed by atoms with E-state index in [9.17, 15) is 4.79 Å². The van der Waals surface area contributed by atoms with E-state index < -0.39 is 5.54 Å². The molecule has 0 aliphatic heterocycles. The van der Waals surface area contributed by atoms with E-state index >= 15 is 0 Å². The van der Waals surface area contributed by atoms with E-state index in [-0.39, 0.29) is 5.91 Å². The van der Waals surface area contributed by atoms with Gasteiger partial charge in [-0.05, 0) is 49.6 Å². The SMILES string of the molecule is Cc1ccsc1CN(C)C(=O)C(C)(N)C1CC1. The standard InChI is InChI=1S/C13H20N2OS/c1-9-6-7-17-11(9)8-15(3)12(16)13(2,14)10-4-5-10/h6-7,10H,4-5,8,14H2,1-3H3. The Kier molecular flexibility index (Phi) is 3.27. The summed E-state index contributed by atoms with van der Waals surface area (Å²) in [7, 11) is 1.84. The second-order valence-electron chi connectivity index (χ2n) is 5.24. The maximum atomic E-state index is 12.3. The van der Waals surface area contributed by atoms with Crippen molar-refractivity contribution in [3.8, 4) is 0 Å². The number of carbonyl (C=O) groups excluding carboxylic acids is 1. The molecular weight excluding hydrogens is 232 g/mol. The maximum Gasteiger partial charge on any atom is 0.242 e. The molecule has 2 N–H and O–H groups in total. The molecule has 0 aromatic carbocycles. The van der Waals surface area contributed by atoms with Gasteiger partial charge in [0.25, 0.3) is 0 Å². The zero-order valence-electron chi connectivity index (χ0n) is 10.7. The number of hydrogen-bond acceptors (Lipinski definition) is 3. The molecule has 0 bridgehead atoms. The van der Waals surface area contributed by atoms with Gasteiger partial charge >= 0.3 is 0 Å². The predicted octanol–water partition coefficient (Wildman–Crippen LogP) is 2.14. The van der Waals surface area contributed by atoms with E-state index in [1.807, 2.05) is 14.0 Å². The monoisotopic (exact) mass is 252 g/mol. The van der Waals surface area contributed by atoms with E-state index in [4.69, 9.17) is 5.73 Å². The summed E-state index contributed by atoms with van der Waals surface area (Å²) in [5.41, 5.74) is 6.71. The van der Waals surface area contributed by atoms with Gasteiger partial charge in [-0.1, -0.05) is 0 Å². The number of hydrogen-bond donors (Lipinski definition) is 1. The molecule has 1 amide bonds. The quantitative estimate of drug-likeness (QED) is 0.892. The molecule has 1 aromatic rings. The van der Waals surface area contributed by atoms with Crippen molar-refractivity contribution in [2.75, 3.05) is 7.05 Å². The van der Waals surface area contributed by atoms with E-state index in [0.29, 0.717) is 12.5 Å². The summed E-state index contributed by atoms with van der Waals surface area (Å²) in [5.74, 6) is 0.440. The van der Waals surface area contributed by atoms with E-state index in [0.717, 1.165) is 12.8 Å². The van der Waals surface area contributed by atoms with Gasteiger partial charge in [-0.3, -0.25) is 4.79 Å². The Bertz CT molecular complexity index is 421. The van der Waals surface area contributed by atoms with Crippen LogP contribution in [0.3, 0.4) is 0 Å². The lowest BCUT2D eigenvalue weighted by atomic mass is 9.95. The molecule has 1 atom stereocenters. The zero-order chi connectivity index (χ0) is 12.6. The van der Waals surface area contributed by atoms with Crippen LogP contribution in [-0.4, -0.2) is 23.4 Å². The van der Waals surface area contributed by atoms with Crippen LogP contribution >= 0.6 is 11.3 Å². The van der Waals surface area contributed by atoms with Crippen LogP contribution in [0.15, 0.2) is 11.4 Å². The molecule has 4 heteroatoms. The highest BCUT2D eigenvalue weighted by atomic mass is 32.1. The number of carbonyl (C=O) groups is 1. The largest absolute Gasteiger partial charge is 0.339 e. The first kappa shape index (κ1) is 12.6. The number of nitrogens with zero attached hydrogens (tertiary/aromatic N) is 1. The minimum Gasteiger partial charge on any atom is -0.339 e. The first-order chi connectivity index (χ1) is 7.93. The van der Waals surface area contributed by atoms with Crippen LogP contribution in [0, 0.1) is 12.8 Å². The summed E-state index contributed by atoms with van der Waals surface area (Å²) < 4.78 is 0.